The number of carbonyl (C=O) groups excluding carboxylic acids is 1. The van der Waals surface area contributed by atoms with Gasteiger partial charge in [-0.2, -0.15) is 0 Å². The van der Waals surface area contributed by atoms with Gasteiger partial charge >= 0.3 is 0 Å². The molecular weight excluding hydrogens is 358 g/mol. The fourth-order valence-corrected chi connectivity index (χ4v) is 5.54. The molecule has 0 N–H and O–H groups in total. The average Bonchev–Trinajstić information content (AvgIpc) is 3.15. The smallest absolute Gasteiger partial charge is 0.251 e. The van der Waals surface area contributed by atoms with Crippen LogP contribution in [0.2, 0.25) is 0 Å². The van der Waals surface area contributed by atoms with Crippen molar-refractivity contribution < 1.29 is 4.79 Å². The maximum Gasteiger partial charge on any atom is 0.251 e. The van der Waals surface area contributed by atoms with Crippen LogP contribution in [0.1, 0.15) is 31.9 Å². The monoisotopic (exact) mass is 381 g/mol. The molecule has 2 aromatic carbocycles. The Kier molecular flexibility index (Phi) is 6.28. The van der Waals surface area contributed by atoms with E-state index in [1.54, 1.807) is 23.5 Å². The van der Waals surface area contributed by atoms with Crippen molar-refractivity contribution in [3.8, 4) is 0 Å². The van der Waals surface area contributed by atoms with Crippen LogP contribution in [-0.2, 0) is 4.79 Å². The quantitative estimate of drug-likeness (QED) is 0.584. The summed E-state index contributed by atoms with van der Waals surface area (Å²) < 4.78 is 1.08. The van der Waals surface area contributed by atoms with Crippen LogP contribution in [0.15, 0.2) is 70.5 Å². The molecule has 0 aliphatic carbocycles. The Morgan fingerprint density at radius 1 is 0.808 bits per heavy atom. The number of thioether (sulfide) groups is 2. The minimum atomic E-state index is 0.131. The van der Waals surface area contributed by atoms with Crippen LogP contribution in [0, 0.1) is 0 Å². The van der Waals surface area contributed by atoms with Crippen LogP contribution in [0.4, 0.5) is 0 Å². The van der Waals surface area contributed by atoms with Gasteiger partial charge in [0.25, 0.3) is 5.91 Å². The highest BCUT2D eigenvalue weighted by Crippen LogP contribution is 2.58. The van der Waals surface area contributed by atoms with Crippen LogP contribution in [0.5, 0.6) is 0 Å². The normalized spacial score (nSPS) is 13.9. The molecule has 0 bridgehead atoms. The molecule has 1 amide bonds. The van der Waals surface area contributed by atoms with Crippen molar-refractivity contribution in [2.75, 3.05) is 13.1 Å². The summed E-state index contributed by atoms with van der Waals surface area (Å²) in [6.45, 7) is 7.47. The number of hydrogen-bond donors (Lipinski definition) is 0. The molecule has 0 saturated heterocycles. The maximum absolute atomic E-state index is 12.8. The van der Waals surface area contributed by atoms with Gasteiger partial charge in [0, 0.05) is 28.5 Å². The largest absolute Gasteiger partial charge is 0.339 e. The van der Waals surface area contributed by atoms with Gasteiger partial charge in [-0.1, -0.05) is 84.2 Å². The molecule has 26 heavy (non-hydrogen) atoms. The van der Waals surface area contributed by atoms with E-state index in [1.807, 2.05) is 37.8 Å². The molecule has 2 nitrogen and oxygen atoms in total. The van der Waals surface area contributed by atoms with Crippen LogP contribution >= 0.6 is 23.5 Å². The Hall–Kier alpha value is -1.91. The van der Waals surface area contributed by atoms with E-state index in [2.05, 4.69) is 48.5 Å². The Bertz CT molecular complexity index is 783. The third-order valence-electron chi connectivity index (χ3n) is 4.35. The van der Waals surface area contributed by atoms with Crippen molar-refractivity contribution in [1.29, 1.82) is 0 Å². The SMILES string of the molecule is CCN(CC)C(=O)C(C)=C1SC(c2ccccc2)=C(c2ccccc2)S1. The molecule has 0 spiro atoms. The second-order valence-electron chi connectivity index (χ2n) is 5.98. The lowest BCUT2D eigenvalue weighted by Crippen LogP contribution is -2.31. The third kappa shape index (κ3) is 3.92. The van der Waals surface area contributed by atoms with Gasteiger partial charge in [0.2, 0.25) is 0 Å². The standard InChI is InChI=1S/C22H23NOS2/c1-4-23(5-2)21(24)16(3)22-25-19(17-12-8-6-9-13-17)20(26-22)18-14-10-7-11-15-18/h6-15H,4-5H2,1-3H3. The Morgan fingerprint density at radius 3 is 1.62 bits per heavy atom. The molecule has 134 valence electrons. The van der Waals surface area contributed by atoms with E-state index >= 15 is 0 Å². The predicted octanol–water partition coefficient (Wildman–Crippen LogP) is 6.09. The van der Waals surface area contributed by atoms with Gasteiger partial charge in [-0.3, -0.25) is 4.79 Å². The zero-order valence-electron chi connectivity index (χ0n) is 15.4. The molecule has 2 aromatic rings. The molecule has 0 fully saturated rings. The lowest BCUT2D eigenvalue weighted by molar-refractivity contribution is -0.126. The summed E-state index contributed by atoms with van der Waals surface area (Å²) >= 11 is 3.43. The molecule has 1 aliphatic heterocycles. The lowest BCUT2D eigenvalue weighted by atomic mass is 10.1. The number of amides is 1. The van der Waals surface area contributed by atoms with E-state index in [-0.39, 0.29) is 5.91 Å². The second kappa shape index (κ2) is 8.65. The lowest BCUT2D eigenvalue weighted by Gasteiger charge is -2.19. The molecule has 0 saturated carbocycles. The number of benzene rings is 2. The number of rotatable bonds is 5. The predicted molar refractivity (Wildman–Crippen MR) is 116 cm³/mol. The Labute approximate surface area is 164 Å². The van der Waals surface area contributed by atoms with Crippen LogP contribution < -0.4 is 0 Å². The van der Waals surface area contributed by atoms with Crippen molar-refractivity contribution in [1.82, 2.24) is 4.90 Å². The number of hydrogen-bond acceptors (Lipinski definition) is 3. The molecule has 3 rings (SSSR count). The molecule has 1 aliphatic rings. The van der Waals surface area contributed by atoms with E-state index < -0.39 is 0 Å². The van der Waals surface area contributed by atoms with Gasteiger partial charge < -0.3 is 4.90 Å². The first kappa shape index (κ1) is 18.9. The van der Waals surface area contributed by atoms with Gasteiger partial charge in [-0.15, -0.1) is 0 Å². The molecule has 0 atom stereocenters. The van der Waals surface area contributed by atoms with E-state index in [9.17, 15) is 4.79 Å². The van der Waals surface area contributed by atoms with Crippen molar-refractivity contribution in [3.05, 3.63) is 81.6 Å². The summed E-state index contributed by atoms with van der Waals surface area (Å²) in [6, 6.07) is 20.9. The van der Waals surface area contributed by atoms with E-state index in [0.717, 1.165) is 22.9 Å². The summed E-state index contributed by atoms with van der Waals surface area (Å²) in [5.74, 6) is 0.131. The van der Waals surface area contributed by atoms with Crippen molar-refractivity contribution >= 4 is 39.2 Å². The van der Waals surface area contributed by atoms with Gasteiger partial charge in [-0.05, 0) is 31.9 Å². The average molecular weight is 382 g/mol. The van der Waals surface area contributed by atoms with Crippen LogP contribution in [-0.4, -0.2) is 23.9 Å². The zero-order valence-corrected chi connectivity index (χ0v) is 17.0. The third-order valence-corrected chi connectivity index (χ3v) is 7.25. The van der Waals surface area contributed by atoms with Crippen molar-refractivity contribution in [3.63, 3.8) is 0 Å². The fraction of sp³-hybridized carbons (Fsp3) is 0.227. The fourth-order valence-electron chi connectivity index (χ4n) is 2.85. The van der Waals surface area contributed by atoms with Crippen molar-refractivity contribution in [2.45, 2.75) is 20.8 Å². The highest BCUT2D eigenvalue weighted by atomic mass is 32.2. The van der Waals surface area contributed by atoms with Crippen molar-refractivity contribution in [2.24, 2.45) is 0 Å². The summed E-state index contributed by atoms with van der Waals surface area (Å²) in [7, 11) is 0. The topological polar surface area (TPSA) is 20.3 Å². The molecule has 1 heterocycles. The summed E-state index contributed by atoms with van der Waals surface area (Å²) in [6.07, 6.45) is 0. The van der Waals surface area contributed by atoms with Crippen LogP contribution in [0.25, 0.3) is 9.81 Å². The van der Waals surface area contributed by atoms with E-state index in [0.29, 0.717) is 0 Å². The Morgan fingerprint density at radius 2 is 1.23 bits per heavy atom. The first-order chi connectivity index (χ1) is 12.7. The van der Waals surface area contributed by atoms with E-state index in [1.165, 1.54) is 20.9 Å². The number of carbonyl (C=O) groups is 1. The highest BCUT2D eigenvalue weighted by molar-refractivity contribution is 8.34. The van der Waals surface area contributed by atoms with Gasteiger partial charge in [0.15, 0.2) is 0 Å². The summed E-state index contributed by atoms with van der Waals surface area (Å²) in [4.78, 5) is 17.1. The first-order valence-electron chi connectivity index (χ1n) is 8.86. The molecule has 4 heteroatoms. The molecular formula is C22H23NOS2. The molecule has 0 unspecified atom stereocenters. The Balaban J connectivity index is 2.02. The van der Waals surface area contributed by atoms with Gasteiger partial charge in [0.05, 0.1) is 4.24 Å². The molecule has 0 aromatic heterocycles. The minimum absolute atomic E-state index is 0.131. The van der Waals surface area contributed by atoms with Gasteiger partial charge in [0.1, 0.15) is 0 Å². The summed E-state index contributed by atoms with van der Waals surface area (Å²) in [5, 5.41) is 0. The van der Waals surface area contributed by atoms with Crippen LogP contribution in [0.3, 0.4) is 0 Å². The number of nitrogens with zero attached hydrogens (tertiary/aromatic N) is 1. The maximum atomic E-state index is 12.8. The summed E-state index contributed by atoms with van der Waals surface area (Å²) in [5.41, 5.74) is 3.23. The highest BCUT2D eigenvalue weighted by Gasteiger charge is 2.27. The second-order valence-corrected chi connectivity index (χ2v) is 8.28. The number of likely N-dealkylation sites (N-methyl/N-ethyl adjacent to an activating group) is 1. The van der Waals surface area contributed by atoms with Gasteiger partial charge in [-0.25, -0.2) is 0 Å². The minimum Gasteiger partial charge on any atom is -0.339 e. The molecule has 0 radical (unpaired) electrons. The zero-order chi connectivity index (χ0) is 18.5. The first-order valence-corrected chi connectivity index (χ1v) is 10.5. The van der Waals surface area contributed by atoms with E-state index in [4.69, 9.17) is 0 Å².